The van der Waals surface area contributed by atoms with Crippen molar-refractivity contribution in [1.82, 2.24) is 15.0 Å². The Bertz CT molecular complexity index is 833. The van der Waals surface area contributed by atoms with Crippen LogP contribution in [0.4, 0.5) is 0 Å². The van der Waals surface area contributed by atoms with Gasteiger partial charge in [0.2, 0.25) is 0 Å². The van der Waals surface area contributed by atoms with Gasteiger partial charge in [0.1, 0.15) is 0 Å². The highest BCUT2D eigenvalue weighted by molar-refractivity contribution is 7.99. The van der Waals surface area contributed by atoms with Gasteiger partial charge < -0.3 is 9.42 Å². The number of carbonyl (C=O) groups is 1. The van der Waals surface area contributed by atoms with E-state index >= 15 is 0 Å². The van der Waals surface area contributed by atoms with Gasteiger partial charge in [0.25, 0.3) is 5.91 Å². The number of hydrogen-bond acceptors (Lipinski definition) is 6. The van der Waals surface area contributed by atoms with Crippen molar-refractivity contribution in [3.8, 4) is 11.3 Å². The molecule has 4 rings (SSSR count). The minimum Gasteiger partial charge on any atom is -0.355 e. The second-order valence-electron chi connectivity index (χ2n) is 5.77. The summed E-state index contributed by atoms with van der Waals surface area (Å²) in [4.78, 5) is 20.1. The van der Waals surface area contributed by atoms with Crippen molar-refractivity contribution >= 4 is 29.0 Å². The third-order valence-corrected chi connectivity index (χ3v) is 6.61. The lowest BCUT2D eigenvalue weighted by Gasteiger charge is -2.18. The van der Waals surface area contributed by atoms with Gasteiger partial charge in [-0.2, -0.15) is 11.8 Å². The zero-order chi connectivity index (χ0) is 17.1. The van der Waals surface area contributed by atoms with Gasteiger partial charge in [-0.05, 0) is 30.0 Å². The first-order chi connectivity index (χ1) is 12.3. The minimum absolute atomic E-state index is 0.0636. The number of pyridine rings is 1. The van der Waals surface area contributed by atoms with Crippen LogP contribution >= 0.6 is 23.1 Å². The molecule has 3 aromatic heterocycles. The van der Waals surface area contributed by atoms with E-state index in [4.69, 9.17) is 4.52 Å². The van der Waals surface area contributed by atoms with E-state index in [2.05, 4.69) is 27.7 Å². The summed E-state index contributed by atoms with van der Waals surface area (Å²) in [5.74, 6) is 1.44. The highest BCUT2D eigenvalue weighted by Gasteiger charge is 2.25. The predicted octanol–water partition coefficient (Wildman–Crippen LogP) is 4.12. The van der Waals surface area contributed by atoms with Crippen molar-refractivity contribution < 1.29 is 9.32 Å². The molecule has 4 heterocycles. The van der Waals surface area contributed by atoms with Crippen LogP contribution in [0.1, 0.15) is 27.0 Å². The third-order valence-electron chi connectivity index (χ3n) is 4.16. The molecule has 0 aliphatic carbocycles. The van der Waals surface area contributed by atoms with E-state index in [0.717, 1.165) is 30.8 Å². The lowest BCUT2D eigenvalue weighted by molar-refractivity contribution is 0.0756. The van der Waals surface area contributed by atoms with Crippen LogP contribution in [-0.4, -0.2) is 39.8 Å². The molecule has 0 spiro atoms. The number of carbonyl (C=O) groups excluding carboxylic acids is 1. The van der Waals surface area contributed by atoms with Gasteiger partial charge in [-0.25, -0.2) is 0 Å². The van der Waals surface area contributed by atoms with Gasteiger partial charge >= 0.3 is 0 Å². The Labute approximate surface area is 154 Å². The molecule has 1 fully saturated rings. The molecule has 1 atom stereocenters. The first kappa shape index (κ1) is 16.4. The summed E-state index contributed by atoms with van der Waals surface area (Å²) in [5, 5.41) is 6.55. The smallest absolute Gasteiger partial charge is 0.276 e. The Balaban J connectivity index is 1.45. The molecule has 0 saturated carbocycles. The molecule has 3 aromatic rings. The van der Waals surface area contributed by atoms with E-state index in [-0.39, 0.29) is 5.91 Å². The maximum absolute atomic E-state index is 12.8. The van der Waals surface area contributed by atoms with Crippen molar-refractivity contribution in [1.29, 1.82) is 0 Å². The molecule has 1 saturated heterocycles. The van der Waals surface area contributed by atoms with Crippen LogP contribution < -0.4 is 0 Å². The van der Waals surface area contributed by atoms with Crippen LogP contribution in [-0.2, 0) is 0 Å². The monoisotopic (exact) mass is 371 g/mol. The lowest BCUT2D eigenvalue weighted by atomic mass is 10.2. The molecule has 0 N–H and O–H groups in total. The Morgan fingerprint density at radius 1 is 1.28 bits per heavy atom. The number of thioether (sulfide) groups is 1. The highest BCUT2D eigenvalue weighted by Crippen LogP contribution is 2.36. The quantitative estimate of drug-likeness (QED) is 0.693. The molecular formula is C18H17N3O2S2. The molecule has 5 nitrogen and oxygen atoms in total. The van der Waals surface area contributed by atoms with E-state index < -0.39 is 0 Å². The first-order valence-electron chi connectivity index (χ1n) is 8.12. The van der Waals surface area contributed by atoms with Crippen molar-refractivity contribution in [3.05, 3.63) is 58.7 Å². The van der Waals surface area contributed by atoms with Crippen LogP contribution in [0.3, 0.4) is 0 Å². The summed E-state index contributed by atoms with van der Waals surface area (Å²) in [6.45, 7) is 1.48. The molecule has 0 unspecified atom stereocenters. The largest absolute Gasteiger partial charge is 0.355 e. The summed E-state index contributed by atoms with van der Waals surface area (Å²) < 4.78 is 5.33. The molecule has 0 bridgehead atoms. The van der Waals surface area contributed by atoms with Crippen LogP contribution in [0.5, 0.6) is 0 Å². The van der Waals surface area contributed by atoms with Gasteiger partial charge in [0.05, 0.1) is 0 Å². The van der Waals surface area contributed by atoms with E-state index in [1.165, 1.54) is 4.88 Å². The standard InChI is InChI=1S/C18H17N3O2S2/c22-18(14-11-15(23-20-14)13-3-1-6-19-12-13)21-7-5-17(25-10-8-21)16-4-2-9-24-16/h1-4,6,9,11-12,17H,5,7-8,10H2/t17-/m1/s1. The van der Waals surface area contributed by atoms with Crippen LogP contribution in [0.25, 0.3) is 11.3 Å². The minimum atomic E-state index is -0.0636. The lowest BCUT2D eigenvalue weighted by Crippen LogP contribution is -2.33. The summed E-state index contributed by atoms with van der Waals surface area (Å²) in [5.41, 5.74) is 1.18. The number of thiophene rings is 1. The number of amides is 1. The number of nitrogens with zero attached hydrogens (tertiary/aromatic N) is 3. The van der Waals surface area contributed by atoms with Gasteiger partial charge in [0, 0.05) is 53.0 Å². The van der Waals surface area contributed by atoms with Crippen LogP contribution in [0.2, 0.25) is 0 Å². The summed E-state index contributed by atoms with van der Waals surface area (Å²) in [6, 6.07) is 9.68. The summed E-state index contributed by atoms with van der Waals surface area (Å²) in [7, 11) is 0. The number of hydrogen-bond donors (Lipinski definition) is 0. The van der Waals surface area contributed by atoms with E-state index in [1.807, 2.05) is 28.8 Å². The van der Waals surface area contributed by atoms with Crippen molar-refractivity contribution in [2.45, 2.75) is 11.7 Å². The van der Waals surface area contributed by atoms with Gasteiger partial charge in [-0.15, -0.1) is 11.3 Å². The van der Waals surface area contributed by atoms with Crippen LogP contribution in [0.15, 0.2) is 52.6 Å². The van der Waals surface area contributed by atoms with Crippen molar-refractivity contribution in [3.63, 3.8) is 0 Å². The molecule has 1 aliphatic heterocycles. The topological polar surface area (TPSA) is 59.2 Å². The molecule has 128 valence electrons. The molecular weight excluding hydrogens is 354 g/mol. The fourth-order valence-electron chi connectivity index (χ4n) is 2.86. The average Bonchev–Trinajstić information content (AvgIpc) is 3.30. The van der Waals surface area contributed by atoms with Crippen molar-refractivity contribution in [2.75, 3.05) is 18.8 Å². The maximum atomic E-state index is 12.8. The SMILES string of the molecule is O=C(c1cc(-c2cccnc2)on1)N1CCS[C@@H](c2cccs2)CC1. The average molecular weight is 371 g/mol. The Hall–Kier alpha value is -2.12. The zero-order valence-electron chi connectivity index (χ0n) is 13.5. The Morgan fingerprint density at radius 2 is 2.24 bits per heavy atom. The molecule has 7 heteroatoms. The van der Waals surface area contributed by atoms with E-state index in [0.29, 0.717) is 16.7 Å². The number of rotatable bonds is 3. The Morgan fingerprint density at radius 3 is 3.04 bits per heavy atom. The van der Waals surface area contributed by atoms with Gasteiger partial charge in [0.15, 0.2) is 11.5 Å². The number of aromatic nitrogens is 2. The van der Waals surface area contributed by atoms with E-state index in [1.54, 1.807) is 29.8 Å². The normalized spacial score (nSPS) is 18.1. The molecule has 0 radical (unpaired) electrons. The second kappa shape index (κ2) is 7.41. The Kier molecular flexibility index (Phi) is 4.85. The van der Waals surface area contributed by atoms with Crippen molar-refractivity contribution in [2.24, 2.45) is 0 Å². The predicted molar refractivity (Wildman–Crippen MR) is 99.8 cm³/mol. The summed E-state index contributed by atoms with van der Waals surface area (Å²) >= 11 is 3.71. The fraction of sp³-hybridized carbons (Fsp3) is 0.278. The fourth-order valence-corrected chi connectivity index (χ4v) is 5.09. The van der Waals surface area contributed by atoms with Gasteiger partial charge in [-0.3, -0.25) is 9.78 Å². The van der Waals surface area contributed by atoms with Crippen LogP contribution in [0, 0.1) is 0 Å². The second-order valence-corrected chi connectivity index (χ2v) is 8.06. The third kappa shape index (κ3) is 3.62. The highest BCUT2D eigenvalue weighted by atomic mass is 32.2. The zero-order valence-corrected chi connectivity index (χ0v) is 15.1. The van der Waals surface area contributed by atoms with E-state index in [9.17, 15) is 4.79 Å². The first-order valence-corrected chi connectivity index (χ1v) is 10.1. The molecule has 25 heavy (non-hydrogen) atoms. The maximum Gasteiger partial charge on any atom is 0.276 e. The summed E-state index contributed by atoms with van der Waals surface area (Å²) in [6.07, 6.45) is 4.36. The molecule has 1 aliphatic rings. The molecule has 0 aromatic carbocycles. The molecule has 1 amide bonds. The van der Waals surface area contributed by atoms with Gasteiger partial charge in [-0.1, -0.05) is 11.2 Å².